The topological polar surface area (TPSA) is 52.8 Å². The number of para-hydroxylation sites is 1. The zero-order chi connectivity index (χ0) is 18.2. The van der Waals surface area contributed by atoms with E-state index < -0.39 is 0 Å². The van der Waals surface area contributed by atoms with E-state index in [1.165, 1.54) is 70.6 Å². The van der Waals surface area contributed by atoms with Crippen LogP contribution in [-0.2, 0) is 0 Å². The molecule has 0 aliphatic rings. The molecule has 25 heavy (non-hydrogen) atoms. The molecule has 0 aliphatic heterocycles. The van der Waals surface area contributed by atoms with Gasteiger partial charge in [0.2, 0.25) is 0 Å². The molecule has 0 bridgehead atoms. The van der Waals surface area contributed by atoms with E-state index in [0.29, 0.717) is 17.7 Å². The Labute approximate surface area is 154 Å². The van der Waals surface area contributed by atoms with Crippen molar-refractivity contribution in [2.24, 2.45) is 5.16 Å². The van der Waals surface area contributed by atoms with Crippen molar-refractivity contribution in [3.8, 4) is 5.75 Å². The standard InChI is InChI=1S/C22H37NO2/c1-2-3-4-5-6-7-8-9-10-11-12-13-14-18-21(23-25)20-17-15-16-19-22(20)24/h15-17,19,24-25H,2-14,18H2,1H3/b23-21+. The number of phenolic OH excluding ortho intramolecular Hbond substituents is 1. The maximum atomic E-state index is 9.82. The van der Waals surface area contributed by atoms with Gasteiger partial charge in [0.25, 0.3) is 0 Å². The van der Waals surface area contributed by atoms with Gasteiger partial charge in [0.15, 0.2) is 0 Å². The van der Waals surface area contributed by atoms with Crippen molar-refractivity contribution in [2.45, 2.75) is 96.8 Å². The SMILES string of the molecule is CCCCCCCCCCCCCCC/C(=N\O)c1ccccc1O. The van der Waals surface area contributed by atoms with E-state index in [1.807, 2.05) is 6.07 Å². The van der Waals surface area contributed by atoms with Crippen LogP contribution in [0.25, 0.3) is 0 Å². The number of unbranched alkanes of at least 4 members (excludes halogenated alkanes) is 12. The van der Waals surface area contributed by atoms with Crippen molar-refractivity contribution < 1.29 is 10.3 Å². The maximum Gasteiger partial charge on any atom is 0.124 e. The Morgan fingerprint density at radius 1 is 0.760 bits per heavy atom. The van der Waals surface area contributed by atoms with E-state index in [1.54, 1.807) is 18.2 Å². The second kappa shape index (κ2) is 14.8. The molecule has 0 atom stereocenters. The smallest absolute Gasteiger partial charge is 0.124 e. The van der Waals surface area contributed by atoms with Crippen LogP contribution in [0.3, 0.4) is 0 Å². The molecule has 0 aromatic heterocycles. The molecule has 3 heteroatoms. The van der Waals surface area contributed by atoms with Crippen LogP contribution in [0.15, 0.2) is 29.4 Å². The van der Waals surface area contributed by atoms with Crippen LogP contribution in [0.1, 0.15) is 102 Å². The Morgan fingerprint density at radius 2 is 1.24 bits per heavy atom. The number of oxime groups is 1. The Kier molecular flexibility index (Phi) is 12.7. The lowest BCUT2D eigenvalue weighted by molar-refractivity contribution is 0.317. The molecule has 3 nitrogen and oxygen atoms in total. The number of nitrogens with zero attached hydrogens (tertiary/aromatic N) is 1. The Bertz CT molecular complexity index is 471. The molecular formula is C22H37NO2. The summed E-state index contributed by atoms with van der Waals surface area (Å²) in [5, 5.41) is 22.4. The van der Waals surface area contributed by atoms with Crippen LogP contribution >= 0.6 is 0 Å². The molecule has 0 radical (unpaired) electrons. The molecule has 0 aliphatic carbocycles. The third-order valence-electron chi connectivity index (χ3n) is 4.85. The first-order valence-electron chi connectivity index (χ1n) is 10.3. The summed E-state index contributed by atoms with van der Waals surface area (Å²) < 4.78 is 0. The summed E-state index contributed by atoms with van der Waals surface area (Å²) in [6.45, 7) is 2.27. The van der Waals surface area contributed by atoms with Crippen LogP contribution in [0.5, 0.6) is 5.75 Å². The van der Waals surface area contributed by atoms with E-state index in [4.69, 9.17) is 0 Å². The van der Waals surface area contributed by atoms with Gasteiger partial charge in [-0.25, -0.2) is 0 Å². The molecular weight excluding hydrogens is 310 g/mol. The van der Waals surface area contributed by atoms with E-state index in [0.717, 1.165) is 12.8 Å². The van der Waals surface area contributed by atoms with Gasteiger partial charge in [0.1, 0.15) is 5.75 Å². The molecule has 0 saturated heterocycles. The number of hydrogen-bond donors (Lipinski definition) is 2. The molecule has 1 rings (SSSR count). The van der Waals surface area contributed by atoms with E-state index in [2.05, 4.69) is 12.1 Å². The van der Waals surface area contributed by atoms with Gasteiger partial charge in [-0.2, -0.15) is 0 Å². The number of aromatic hydroxyl groups is 1. The molecule has 1 aromatic rings. The van der Waals surface area contributed by atoms with Gasteiger partial charge in [0, 0.05) is 5.56 Å². The van der Waals surface area contributed by atoms with Crippen molar-refractivity contribution in [3.63, 3.8) is 0 Å². The summed E-state index contributed by atoms with van der Waals surface area (Å²) >= 11 is 0. The molecule has 0 saturated carbocycles. The minimum Gasteiger partial charge on any atom is -0.507 e. The van der Waals surface area contributed by atoms with Gasteiger partial charge in [-0.3, -0.25) is 0 Å². The van der Waals surface area contributed by atoms with Crippen molar-refractivity contribution in [3.05, 3.63) is 29.8 Å². The molecule has 0 fully saturated rings. The first-order valence-corrected chi connectivity index (χ1v) is 10.3. The number of rotatable bonds is 15. The van der Waals surface area contributed by atoms with Crippen molar-refractivity contribution in [1.29, 1.82) is 0 Å². The molecule has 2 N–H and O–H groups in total. The van der Waals surface area contributed by atoms with E-state index in [-0.39, 0.29) is 5.75 Å². The van der Waals surface area contributed by atoms with Gasteiger partial charge >= 0.3 is 0 Å². The zero-order valence-electron chi connectivity index (χ0n) is 16.1. The predicted octanol–water partition coefficient (Wildman–Crippen LogP) is 7.05. The highest BCUT2D eigenvalue weighted by Crippen LogP contribution is 2.20. The Morgan fingerprint density at radius 3 is 1.72 bits per heavy atom. The summed E-state index contributed by atoms with van der Waals surface area (Å²) in [5.41, 5.74) is 1.23. The molecule has 1 aromatic carbocycles. The van der Waals surface area contributed by atoms with Crippen LogP contribution in [0.2, 0.25) is 0 Å². The van der Waals surface area contributed by atoms with Gasteiger partial charge < -0.3 is 10.3 Å². The monoisotopic (exact) mass is 347 g/mol. The normalized spacial score (nSPS) is 11.8. The molecule has 142 valence electrons. The minimum absolute atomic E-state index is 0.185. The summed E-state index contributed by atoms with van der Waals surface area (Å²) in [5.74, 6) is 0.185. The summed E-state index contributed by atoms with van der Waals surface area (Å²) in [4.78, 5) is 0. The summed E-state index contributed by atoms with van der Waals surface area (Å²) in [6.07, 6.45) is 17.9. The minimum atomic E-state index is 0.185. The molecule has 0 amide bonds. The highest BCUT2D eigenvalue weighted by atomic mass is 16.4. The van der Waals surface area contributed by atoms with Crippen molar-refractivity contribution in [2.75, 3.05) is 0 Å². The highest BCUT2D eigenvalue weighted by molar-refractivity contribution is 6.02. The highest BCUT2D eigenvalue weighted by Gasteiger charge is 2.08. The first-order chi connectivity index (χ1) is 12.3. The van der Waals surface area contributed by atoms with E-state index >= 15 is 0 Å². The van der Waals surface area contributed by atoms with Crippen LogP contribution in [0.4, 0.5) is 0 Å². The van der Waals surface area contributed by atoms with Gasteiger partial charge in [-0.15, -0.1) is 0 Å². The second-order valence-electron chi connectivity index (χ2n) is 7.06. The van der Waals surface area contributed by atoms with Gasteiger partial charge in [0.05, 0.1) is 5.71 Å². The fourth-order valence-corrected chi connectivity index (χ4v) is 3.27. The largest absolute Gasteiger partial charge is 0.507 e. The Balaban J connectivity index is 1.97. The van der Waals surface area contributed by atoms with Gasteiger partial charge in [-0.1, -0.05) is 101 Å². The maximum absolute atomic E-state index is 9.82. The number of phenols is 1. The third-order valence-corrected chi connectivity index (χ3v) is 4.85. The average molecular weight is 348 g/mol. The van der Waals surface area contributed by atoms with E-state index in [9.17, 15) is 10.3 Å². The Hall–Kier alpha value is -1.51. The lowest BCUT2D eigenvalue weighted by Gasteiger charge is -2.07. The van der Waals surface area contributed by atoms with Crippen molar-refractivity contribution >= 4 is 5.71 Å². The number of hydrogen-bond acceptors (Lipinski definition) is 3. The van der Waals surface area contributed by atoms with Gasteiger partial charge in [-0.05, 0) is 25.0 Å². The molecule has 0 unspecified atom stereocenters. The first kappa shape index (κ1) is 21.5. The lowest BCUT2D eigenvalue weighted by atomic mass is 10.0. The quantitative estimate of drug-likeness (QED) is 0.154. The molecule has 0 heterocycles. The summed E-state index contributed by atoms with van der Waals surface area (Å²) in [6, 6.07) is 7.06. The third kappa shape index (κ3) is 10.2. The summed E-state index contributed by atoms with van der Waals surface area (Å²) in [7, 11) is 0. The fourth-order valence-electron chi connectivity index (χ4n) is 3.27. The van der Waals surface area contributed by atoms with Crippen molar-refractivity contribution in [1.82, 2.24) is 0 Å². The molecule has 0 spiro atoms. The zero-order valence-corrected chi connectivity index (χ0v) is 16.1. The fraction of sp³-hybridized carbons (Fsp3) is 0.682. The number of benzene rings is 1. The second-order valence-corrected chi connectivity index (χ2v) is 7.06. The van der Waals surface area contributed by atoms with Crippen LogP contribution < -0.4 is 0 Å². The predicted molar refractivity (Wildman–Crippen MR) is 107 cm³/mol. The average Bonchev–Trinajstić information content (AvgIpc) is 2.63. The van der Waals surface area contributed by atoms with Crippen LogP contribution in [0, 0.1) is 0 Å². The lowest BCUT2D eigenvalue weighted by Crippen LogP contribution is -2.01. The van der Waals surface area contributed by atoms with Crippen LogP contribution in [-0.4, -0.2) is 16.0 Å².